The van der Waals surface area contributed by atoms with Crippen LogP contribution in [0, 0.1) is 0 Å². The van der Waals surface area contributed by atoms with Crippen LogP contribution in [0.3, 0.4) is 0 Å². The molecule has 0 unspecified atom stereocenters. The van der Waals surface area contributed by atoms with E-state index in [9.17, 15) is 19.2 Å². The molecule has 0 radical (unpaired) electrons. The van der Waals surface area contributed by atoms with Gasteiger partial charge in [0.05, 0.1) is 30.4 Å². The van der Waals surface area contributed by atoms with Gasteiger partial charge in [0, 0.05) is 27.1 Å². The Hall–Kier alpha value is -4.43. The molecular weight excluding hydrogens is 550 g/mol. The lowest BCUT2D eigenvalue weighted by atomic mass is 9.99. The summed E-state index contributed by atoms with van der Waals surface area (Å²) in [6.45, 7) is 0.220. The highest BCUT2D eigenvalue weighted by molar-refractivity contribution is 7.22. The summed E-state index contributed by atoms with van der Waals surface area (Å²) in [5, 5.41) is 6.09. The van der Waals surface area contributed by atoms with Crippen molar-refractivity contribution in [2.75, 3.05) is 46.6 Å². The van der Waals surface area contributed by atoms with Gasteiger partial charge in [-0.1, -0.05) is 35.6 Å². The monoisotopic (exact) mass is 581 g/mol. The molecule has 2 aromatic carbocycles. The number of aromatic nitrogens is 1. The lowest BCUT2D eigenvalue weighted by Gasteiger charge is -2.45. The summed E-state index contributed by atoms with van der Waals surface area (Å²) >= 11 is 1.38. The average molecular weight is 582 g/mol. The number of ether oxygens (including phenoxy) is 2. The van der Waals surface area contributed by atoms with Crippen molar-refractivity contribution in [3.8, 4) is 5.75 Å². The number of thiazole rings is 1. The maximum absolute atomic E-state index is 14.0. The molecule has 4 amide bonds. The molecule has 0 saturated carbocycles. The van der Waals surface area contributed by atoms with Crippen molar-refractivity contribution in [3.63, 3.8) is 0 Å². The molecule has 13 nitrogen and oxygen atoms in total. The zero-order valence-corrected chi connectivity index (χ0v) is 23.7. The smallest absolute Gasteiger partial charge is 0.343 e. The number of hydrogen-bond donors (Lipinski definition) is 2. The van der Waals surface area contributed by atoms with E-state index in [4.69, 9.17) is 10.5 Å². The second-order valence-electron chi connectivity index (χ2n) is 9.72. The highest BCUT2D eigenvalue weighted by Gasteiger charge is 2.51. The zero-order valence-electron chi connectivity index (χ0n) is 22.9. The predicted molar refractivity (Wildman–Crippen MR) is 150 cm³/mol. The number of fused-ring (bicyclic) bond motifs is 2. The number of amides is 4. The van der Waals surface area contributed by atoms with Crippen molar-refractivity contribution in [1.29, 1.82) is 0 Å². The zero-order chi connectivity index (χ0) is 29.3. The summed E-state index contributed by atoms with van der Waals surface area (Å²) in [5.74, 6) is -0.468. The lowest BCUT2D eigenvalue weighted by Crippen LogP contribution is -2.65. The van der Waals surface area contributed by atoms with E-state index in [2.05, 4.69) is 15.0 Å². The Kier molecular flexibility index (Phi) is 7.94. The van der Waals surface area contributed by atoms with Crippen LogP contribution in [-0.2, 0) is 32.1 Å². The largest absolute Gasteiger partial charge is 0.482 e. The number of nitrogens with zero attached hydrogens (tertiary/aromatic N) is 5. The fraction of sp³-hybridized carbons (Fsp3) is 0.370. The Balaban J connectivity index is 1.44. The fourth-order valence-electron chi connectivity index (χ4n) is 5.23. The van der Waals surface area contributed by atoms with Gasteiger partial charge in [-0.15, -0.1) is 0 Å². The molecule has 14 heteroatoms. The fourth-order valence-corrected chi connectivity index (χ4v) is 6.01. The summed E-state index contributed by atoms with van der Waals surface area (Å²) in [6.07, 6.45) is -0.296. The Bertz CT molecular complexity index is 1480. The van der Waals surface area contributed by atoms with E-state index in [1.807, 2.05) is 18.2 Å². The third-order valence-corrected chi connectivity index (χ3v) is 8.13. The SMILES string of the molecule is CNC(=O)N(C)N1CC(=O)N2[C@@H](Cc3ccc(OCC(=O)OC)cc3)C(=O)N(Cc3cccc4sc(N)nc34)C[C@@H]21. The number of anilines is 1. The van der Waals surface area contributed by atoms with Crippen LogP contribution in [0.2, 0.25) is 0 Å². The van der Waals surface area contributed by atoms with Crippen molar-refractivity contribution in [1.82, 2.24) is 30.1 Å². The first kappa shape index (κ1) is 28.1. The van der Waals surface area contributed by atoms with Crippen LogP contribution in [0.1, 0.15) is 11.1 Å². The summed E-state index contributed by atoms with van der Waals surface area (Å²) in [5.41, 5.74) is 8.35. The molecule has 2 aliphatic rings. The second kappa shape index (κ2) is 11.6. The maximum atomic E-state index is 14.0. The van der Waals surface area contributed by atoms with Crippen LogP contribution in [0.5, 0.6) is 5.75 Å². The van der Waals surface area contributed by atoms with E-state index in [1.54, 1.807) is 46.1 Å². The Morgan fingerprint density at radius 3 is 2.66 bits per heavy atom. The number of carbonyl (C=O) groups is 4. The molecule has 3 N–H and O–H groups in total. The first-order chi connectivity index (χ1) is 19.7. The summed E-state index contributed by atoms with van der Waals surface area (Å²) in [4.78, 5) is 59.0. The number of benzene rings is 2. The van der Waals surface area contributed by atoms with Gasteiger partial charge in [-0.25, -0.2) is 14.6 Å². The molecule has 216 valence electrons. The number of nitrogens with two attached hydrogens (primary N) is 1. The number of urea groups is 1. The van der Waals surface area contributed by atoms with E-state index in [0.29, 0.717) is 10.9 Å². The molecule has 2 aliphatic heterocycles. The van der Waals surface area contributed by atoms with Gasteiger partial charge >= 0.3 is 12.0 Å². The normalized spacial score (nSPS) is 18.9. The number of carbonyl (C=O) groups excluding carboxylic acids is 4. The molecule has 41 heavy (non-hydrogen) atoms. The number of esters is 1. The molecule has 2 fully saturated rings. The van der Waals surface area contributed by atoms with Crippen LogP contribution >= 0.6 is 11.3 Å². The molecule has 3 heterocycles. The molecule has 2 saturated heterocycles. The highest BCUT2D eigenvalue weighted by Crippen LogP contribution is 2.32. The quantitative estimate of drug-likeness (QED) is 0.372. The van der Waals surface area contributed by atoms with Gasteiger partial charge in [0.2, 0.25) is 11.8 Å². The number of hydrogen-bond acceptors (Lipinski definition) is 10. The maximum Gasteiger partial charge on any atom is 0.343 e. The van der Waals surface area contributed by atoms with E-state index in [1.165, 1.54) is 30.5 Å². The molecule has 3 aromatic rings. The van der Waals surface area contributed by atoms with Crippen LogP contribution in [0.15, 0.2) is 42.5 Å². The van der Waals surface area contributed by atoms with Crippen molar-refractivity contribution >= 4 is 50.5 Å². The highest BCUT2D eigenvalue weighted by atomic mass is 32.1. The third-order valence-electron chi connectivity index (χ3n) is 7.28. The minimum absolute atomic E-state index is 0.0370. The first-order valence-electron chi connectivity index (χ1n) is 12.9. The van der Waals surface area contributed by atoms with Crippen LogP contribution in [-0.4, -0.2) is 102 Å². The minimum atomic E-state index is -0.800. The number of para-hydroxylation sites is 1. The summed E-state index contributed by atoms with van der Waals surface area (Å²) in [7, 11) is 4.40. The van der Waals surface area contributed by atoms with E-state index in [0.717, 1.165) is 21.3 Å². The molecule has 0 bridgehead atoms. The lowest BCUT2D eigenvalue weighted by molar-refractivity contribution is -0.157. The van der Waals surface area contributed by atoms with Gasteiger partial charge in [-0.2, -0.15) is 5.01 Å². The topological polar surface area (TPSA) is 151 Å². The molecular formula is C27H31N7O6S. The van der Waals surface area contributed by atoms with E-state index >= 15 is 0 Å². The van der Waals surface area contributed by atoms with Gasteiger partial charge in [0.15, 0.2) is 11.7 Å². The van der Waals surface area contributed by atoms with Gasteiger partial charge in [0.1, 0.15) is 18.0 Å². The number of piperazine rings is 1. The van der Waals surface area contributed by atoms with Gasteiger partial charge < -0.3 is 30.3 Å². The number of methoxy groups -OCH3 is 1. The number of rotatable bonds is 8. The van der Waals surface area contributed by atoms with Crippen LogP contribution < -0.4 is 15.8 Å². The number of nitrogens with one attached hydrogen (secondary N) is 1. The van der Waals surface area contributed by atoms with Gasteiger partial charge in [-0.3, -0.25) is 14.6 Å². The molecule has 2 atom stereocenters. The Labute approximate surface area is 240 Å². The number of hydrazine groups is 1. The predicted octanol–water partition coefficient (Wildman–Crippen LogP) is 1.04. The first-order valence-corrected chi connectivity index (χ1v) is 13.8. The van der Waals surface area contributed by atoms with Crippen LogP contribution in [0.25, 0.3) is 10.2 Å². The van der Waals surface area contributed by atoms with Crippen molar-refractivity contribution in [2.45, 2.75) is 25.2 Å². The summed E-state index contributed by atoms with van der Waals surface area (Å²) < 4.78 is 10.9. The molecule has 0 spiro atoms. The Morgan fingerprint density at radius 1 is 1.20 bits per heavy atom. The third kappa shape index (κ3) is 5.60. The summed E-state index contributed by atoms with van der Waals surface area (Å²) in [6, 6.07) is 11.6. The van der Waals surface area contributed by atoms with Crippen LogP contribution in [0.4, 0.5) is 9.93 Å². The van der Waals surface area contributed by atoms with E-state index < -0.39 is 18.2 Å². The Morgan fingerprint density at radius 2 is 1.95 bits per heavy atom. The van der Waals surface area contributed by atoms with E-state index in [-0.39, 0.29) is 50.5 Å². The molecule has 5 rings (SSSR count). The van der Waals surface area contributed by atoms with Crippen molar-refractivity contribution in [3.05, 3.63) is 53.6 Å². The van der Waals surface area contributed by atoms with Crippen molar-refractivity contribution < 1.29 is 28.7 Å². The minimum Gasteiger partial charge on any atom is -0.482 e. The average Bonchev–Trinajstić information content (AvgIpc) is 3.52. The van der Waals surface area contributed by atoms with Gasteiger partial charge in [-0.05, 0) is 29.3 Å². The number of nitrogen functional groups attached to an aromatic ring is 1. The van der Waals surface area contributed by atoms with Crippen molar-refractivity contribution in [2.24, 2.45) is 0 Å². The standard InChI is InChI=1S/C27H31N7O6S/c1-29-27(38)31(2)33-14-22(35)34-19(11-16-7-9-18(10-8-16)40-15-23(36)39-3)25(37)32(13-21(33)34)12-17-5-4-6-20-24(17)30-26(28)41-20/h4-10,19,21H,11-15H2,1-3H3,(H2,28,30)(H,29,38)/t19-,21+/m0/s1. The molecule has 1 aromatic heterocycles. The molecule has 0 aliphatic carbocycles. The van der Waals surface area contributed by atoms with Gasteiger partial charge in [0.25, 0.3) is 0 Å². The second-order valence-corrected chi connectivity index (χ2v) is 10.8.